The van der Waals surface area contributed by atoms with Gasteiger partial charge in [0.1, 0.15) is 18.1 Å². The van der Waals surface area contributed by atoms with Gasteiger partial charge in [0, 0.05) is 24.6 Å². The number of rotatable bonds is 14. The smallest absolute Gasteiger partial charge is 0.648 e. The number of benzene rings is 1. The zero-order chi connectivity index (χ0) is 26.0. The number of Topliss-reactive ketones (excluding diaryl/α,β-unsaturated/α-hetero) is 2. The first-order valence-electron chi connectivity index (χ1n) is 11.3. The molecule has 1 aliphatic heterocycles. The van der Waals surface area contributed by atoms with Crippen molar-refractivity contribution in [1.82, 2.24) is 10.2 Å². The van der Waals surface area contributed by atoms with Gasteiger partial charge >= 0.3 is 58.2 Å². The third-order valence-electron chi connectivity index (χ3n) is 5.06. The topological polar surface area (TPSA) is 141 Å². The average Bonchev–Trinajstić information content (AvgIpc) is 3.06. The first kappa shape index (κ1) is 32.2. The van der Waals surface area contributed by atoms with E-state index >= 15 is 0 Å². The molecule has 0 aromatic heterocycles. The van der Waals surface area contributed by atoms with Crippen LogP contribution in [0, 0.1) is 5.92 Å². The molecule has 1 aliphatic rings. The molecule has 188 valence electrons. The predicted octanol–water partition coefficient (Wildman–Crippen LogP) is -1.73. The Kier molecular flexibility index (Phi) is 14.4. The molecule has 10 nitrogen and oxygen atoms in total. The molecule has 0 bridgehead atoms. The second-order valence-electron chi connectivity index (χ2n) is 8.51. The van der Waals surface area contributed by atoms with Crippen LogP contribution in [0.2, 0.25) is 0 Å². The fourth-order valence-corrected chi connectivity index (χ4v) is 3.27. The van der Waals surface area contributed by atoms with Crippen LogP contribution in [0.5, 0.6) is 0 Å². The van der Waals surface area contributed by atoms with Gasteiger partial charge in [-0.1, -0.05) is 43.7 Å². The van der Waals surface area contributed by atoms with Gasteiger partial charge in [-0.3, -0.25) is 28.9 Å². The van der Waals surface area contributed by atoms with Gasteiger partial charge in [0.05, 0.1) is 25.5 Å². The standard InChI is InChI=1S/C25H31N3O7.Rb/c1-16(2)21-12-24(33)28(25(21)34)14-22(31)26-8-9-35-15-23(32)27-13-19-6-4-18(5-7-19)11-20(30)10-17(3)29;/h4-7,12,16H,8-11,13-15H2,1-3H3,(H2,26,27,31,32);/q;+1/p-1. The minimum absolute atomic E-state index is 0. The van der Waals surface area contributed by atoms with E-state index in [1.54, 1.807) is 38.1 Å². The number of carbonyl (C=O) groups is 6. The van der Waals surface area contributed by atoms with E-state index in [-0.39, 0.29) is 121 Å². The molecular weight excluding hydrogens is 540 g/mol. The van der Waals surface area contributed by atoms with Gasteiger partial charge in [-0.05, 0) is 18.4 Å². The number of nitrogens with zero attached hydrogens (tertiary/aromatic N) is 2. The quantitative estimate of drug-likeness (QED) is 0.159. The van der Waals surface area contributed by atoms with Crippen molar-refractivity contribution in [2.45, 2.75) is 40.2 Å². The van der Waals surface area contributed by atoms with Crippen LogP contribution in [0.25, 0.3) is 5.32 Å². The van der Waals surface area contributed by atoms with Gasteiger partial charge in [-0.15, -0.1) is 6.54 Å². The van der Waals surface area contributed by atoms with E-state index in [1.165, 1.54) is 13.0 Å². The Bertz CT molecular complexity index is 1020. The van der Waals surface area contributed by atoms with Crippen molar-refractivity contribution in [3.63, 3.8) is 0 Å². The molecule has 36 heavy (non-hydrogen) atoms. The maximum Gasteiger partial charge on any atom is 1.00 e. The van der Waals surface area contributed by atoms with Crippen LogP contribution in [0.3, 0.4) is 0 Å². The monoisotopic (exact) mass is 569 g/mol. The van der Waals surface area contributed by atoms with Gasteiger partial charge in [0.25, 0.3) is 11.8 Å². The number of amides is 4. The summed E-state index contributed by atoms with van der Waals surface area (Å²) >= 11 is 0. The van der Waals surface area contributed by atoms with Crippen LogP contribution >= 0.6 is 0 Å². The number of ether oxygens (including phenoxy) is 1. The van der Waals surface area contributed by atoms with E-state index in [9.17, 15) is 28.8 Å². The molecule has 1 aromatic rings. The first-order valence-corrected chi connectivity index (χ1v) is 11.3. The number of ketones is 2. The summed E-state index contributed by atoms with van der Waals surface area (Å²) in [7, 11) is 0. The fourth-order valence-electron chi connectivity index (χ4n) is 3.27. The number of carbonyl (C=O) groups excluding carboxylic acids is 6. The Morgan fingerprint density at radius 3 is 2.28 bits per heavy atom. The SMILES string of the molecule is CC(=O)CC(=O)Cc1ccc(C[N-]C(=O)COCCNC(=O)CN2C(=O)C=C(C(C)C)C2=O)cc1.[Rb+]. The molecule has 0 radical (unpaired) electrons. The van der Waals surface area contributed by atoms with E-state index in [0.29, 0.717) is 5.57 Å². The summed E-state index contributed by atoms with van der Waals surface area (Å²) in [5, 5.41) is 6.45. The fraction of sp³-hybridized carbons (Fsp3) is 0.440. The molecule has 1 aromatic carbocycles. The molecule has 0 atom stereocenters. The van der Waals surface area contributed by atoms with Crippen molar-refractivity contribution < 1.29 is 91.7 Å². The predicted molar refractivity (Wildman–Crippen MR) is 126 cm³/mol. The van der Waals surface area contributed by atoms with E-state index in [4.69, 9.17) is 4.74 Å². The molecule has 0 unspecified atom stereocenters. The van der Waals surface area contributed by atoms with E-state index in [1.807, 2.05) is 0 Å². The number of hydrogen-bond donors (Lipinski definition) is 1. The maximum absolute atomic E-state index is 12.2. The molecule has 1 heterocycles. The van der Waals surface area contributed by atoms with Crippen molar-refractivity contribution in [2.24, 2.45) is 5.92 Å². The zero-order valence-corrected chi connectivity index (χ0v) is 26.1. The van der Waals surface area contributed by atoms with Crippen LogP contribution in [-0.4, -0.2) is 66.4 Å². The van der Waals surface area contributed by atoms with Crippen molar-refractivity contribution in [3.05, 3.63) is 52.4 Å². The van der Waals surface area contributed by atoms with E-state index < -0.39 is 23.6 Å². The molecular formula is C25H30N3O7Rb. The summed E-state index contributed by atoms with van der Waals surface area (Å²) in [5.41, 5.74) is 1.95. The normalized spacial score (nSPS) is 12.8. The van der Waals surface area contributed by atoms with Crippen LogP contribution in [0.4, 0.5) is 0 Å². The molecule has 0 spiro atoms. The van der Waals surface area contributed by atoms with Crippen LogP contribution in [-0.2, 0) is 46.5 Å². The van der Waals surface area contributed by atoms with Crippen LogP contribution in [0.15, 0.2) is 35.9 Å². The second-order valence-corrected chi connectivity index (χ2v) is 8.51. The third kappa shape index (κ3) is 11.0. The summed E-state index contributed by atoms with van der Waals surface area (Å²) in [6, 6.07) is 7.04. The maximum atomic E-state index is 12.2. The summed E-state index contributed by atoms with van der Waals surface area (Å²) in [5.74, 6) is -2.35. The van der Waals surface area contributed by atoms with Crippen molar-refractivity contribution in [2.75, 3.05) is 26.3 Å². The summed E-state index contributed by atoms with van der Waals surface area (Å²) in [4.78, 5) is 71.5. The molecule has 0 fully saturated rings. The minimum Gasteiger partial charge on any atom is -0.648 e. The Morgan fingerprint density at radius 2 is 1.69 bits per heavy atom. The van der Waals surface area contributed by atoms with Crippen LogP contribution in [0.1, 0.15) is 38.3 Å². The molecule has 2 rings (SSSR count). The summed E-state index contributed by atoms with van der Waals surface area (Å²) in [6.45, 7) is 4.67. The number of hydrogen-bond acceptors (Lipinski definition) is 7. The Morgan fingerprint density at radius 1 is 1.06 bits per heavy atom. The minimum atomic E-state index is -0.506. The van der Waals surface area contributed by atoms with E-state index in [0.717, 1.165) is 16.0 Å². The number of nitrogens with one attached hydrogen (secondary N) is 1. The van der Waals surface area contributed by atoms with Crippen LogP contribution < -0.4 is 63.5 Å². The zero-order valence-electron chi connectivity index (χ0n) is 21.2. The third-order valence-corrected chi connectivity index (χ3v) is 5.06. The molecule has 11 heteroatoms. The van der Waals surface area contributed by atoms with Gasteiger partial charge in [0.2, 0.25) is 5.91 Å². The van der Waals surface area contributed by atoms with E-state index in [2.05, 4.69) is 10.6 Å². The van der Waals surface area contributed by atoms with Gasteiger partial charge in [0.15, 0.2) is 0 Å². The number of imide groups is 1. The Balaban J connectivity index is 0.00000648. The van der Waals surface area contributed by atoms with Crippen molar-refractivity contribution >= 4 is 35.2 Å². The second kappa shape index (κ2) is 16.1. The molecule has 0 aliphatic carbocycles. The average molecular weight is 570 g/mol. The first-order chi connectivity index (χ1) is 16.6. The molecule has 4 amide bonds. The molecule has 0 saturated carbocycles. The Labute approximate surface area is 259 Å². The Hall–Kier alpha value is -1.85. The molecule has 1 N–H and O–H groups in total. The van der Waals surface area contributed by atoms with Crippen molar-refractivity contribution in [1.29, 1.82) is 0 Å². The van der Waals surface area contributed by atoms with Gasteiger partial charge < -0.3 is 20.2 Å². The molecule has 0 saturated heterocycles. The summed E-state index contributed by atoms with van der Waals surface area (Å²) in [6.07, 6.45) is 1.36. The van der Waals surface area contributed by atoms with Gasteiger partial charge in [-0.2, -0.15) is 0 Å². The largest absolute Gasteiger partial charge is 1.00 e. The summed E-state index contributed by atoms with van der Waals surface area (Å²) < 4.78 is 5.21. The van der Waals surface area contributed by atoms with Gasteiger partial charge in [-0.25, -0.2) is 0 Å². The van der Waals surface area contributed by atoms with Crippen molar-refractivity contribution in [3.8, 4) is 0 Å².